The molecule has 2 aromatic carbocycles. The lowest BCUT2D eigenvalue weighted by Gasteiger charge is -2.11. The van der Waals surface area contributed by atoms with E-state index in [2.05, 4.69) is 26.6 Å². The van der Waals surface area contributed by atoms with Crippen LogP contribution in [0.5, 0.6) is 0 Å². The highest BCUT2D eigenvalue weighted by molar-refractivity contribution is 9.10. The molecule has 102 valence electrons. The maximum absolute atomic E-state index is 12.0. The first kappa shape index (κ1) is 14.7. The minimum atomic E-state index is -0.233. The number of nitrogens with one attached hydrogen (secondary N) is 2. The third kappa shape index (κ3) is 3.88. The fourth-order valence-electron chi connectivity index (χ4n) is 1.64. The Hall–Kier alpha value is -1.72. The van der Waals surface area contributed by atoms with Crippen LogP contribution in [-0.4, -0.2) is 11.0 Å². The number of halogens is 1. The van der Waals surface area contributed by atoms with E-state index in [1.54, 1.807) is 12.1 Å². The zero-order chi connectivity index (χ0) is 14.5. The number of amides is 1. The normalized spacial score (nSPS) is 9.90. The van der Waals surface area contributed by atoms with E-state index in [-0.39, 0.29) is 11.0 Å². The van der Waals surface area contributed by atoms with Crippen molar-refractivity contribution in [2.75, 3.05) is 5.32 Å². The summed E-state index contributed by atoms with van der Waals surface area (Å²) in [4.78, 5) is 12.0. The van der Waals surface area contributed by atoms with E-state index < -0.39 is 0 Å². The average Bonchev–Trinajstić information content (AvgIpc) is 2.42. The van der Waals surface area contributed by atoms with Gasteiger partial charge in [0.25, 0.3) is 5.91 Å². The molecule has 0 heterocycles. The molecule has 0 fully saturated rings. The number of benzene rings is 2. The third-order valence-corrected chi connectivity index (χ3v) is 3.46. The number of para-hydroxylation sites is 1. The molecule has 0 saturated carbocycles. The van der Waals surface area contributed by atoms with Crippen molar-refractivity contribution in [2.24, 2.45) is 0 Å². The molecule has 0 aliphatic rings. The van der Waals surface area contributed by atoms with Crippen LogP contribution in [0.4, 0.5) is 5.69 Å². The summed E-state index contributed by atoms with van der Waals surface area (Å²) >= 11 is 8.47. The van der Waals surface area contributed by atoms with Gasteiger partial charge in [0, 0.05) is 15.7 Å². The largest absolute Gasteiger partial charge is 0.332 e. The van der Waals surface area contributed by atoms with Crippen LogP contribution >= 0.6 is 28.1 Å². The number of carbonyl (C=O) groups excluding carboxylic acids is 1. The van der Waals surface area contributed by atoms with Crippen molar-refractivity contribution < 1.29 is 4.79 Å². The number of hydrogen-bond donors (Lipinski definition) is 2. The Morgan fingerprint density at radius 1 is 1.10 bits per heavy atom. The molecule has 0 saturated heterocycles. The zero-order valence-electron chi connectivity index (χ0n) is 10.8. The van der Waals surface area contributed by atoms with Gasteiger partial charge in [0.15, 0.2) is 5.11 Å². The van der Waals surface area contributed by atoms with Crippen molar-refractivity contribution in [3.8, 4) is 0 Å². The molecule has 3 nitrogen and oxygen atoms in total. The fourth-order valence-corrected chi connectivity index (χ4v) is 2.11. The SMILES string of the molecule is Cc1ccccc1NC(=S)NC(=O)c1ccc(Br)cc1. The highest BCUT2D eigenvalue weighted by atomic mass is 79.9. The van der Waals surface area contributed by atoms with Crippen LogP contribution in [0.3, 0.4) is 0 Å². The Kier molecular flexibility index (Phi) is 4.87. The van der Waals surface area contributed by atoms with Crippen molar-refractivity contribution >= 4 is 44.9 Å². The lowest BCUT2D eigenvalue weighted by atomic mass is 10.2. The Morgan fingerprint density at radius 3 is 2.40 bits per heavy atom. The van der Waals surface area contributed by atoms with Crippen LogP contribution in [0.15, 0.2) is 53.0 Å². The van der Waals surface area contributed by atoms with Crippen LogP contribution < -0.4 is 10.6 Å². The molecule has 0 aromatic heterocycles. The van der Waals surface area contributed by atoms with Gasteiger partial charge >= 0.3 is 0 Å². The first-order valence-electron chi connectivity index (χ1n) is 6.00. The van der Waals surface area contributed by atoms with E-state index in [1.807, 2.05) is 43.3 Å². The Morgan fingerprint density at radius 2 is 1.75 bits per heavy atom. The fraction of sp³-hybridized carbons (Fsp3) is 0.0667. The molecule has 2 N–H and O–H groups in total. The molecule has 0 radical (unpaired) electrons. The molecule has 0 unspecified atom stereocenters. The van der Waals surface area contributed by atoms with Crippen molar-refractivity contribution in [3.05, 3.63) is 64.1 Å². The first-order chi connectivity index (χ1) is 9.56. The smallest absolute Gasteiger partial charge is 0.257 e. The molecule has 5 heteroatoms. The topological polar surface area (TPSA) is 41.1 Å². The van der Waals surface area contributed by atoms with Gasteiger partial charge in [-0.25, -0.2) is 0 Å². The Labute approximate surface area is 131 Å². The van der Waals surface area contributed by atoms with Gasteiger partial charge in [-0.3, -0.25) is 10.1 Å². The number of rotatable bonds is 2. The van der Waals surface area contributed by atoms with E-state index >= 15 is 0 Å². The van der Waals surface area contributed by atoms with E-state index in [0.717, 1.165) is 15.7 Å². The van der Waals surface area contributed by atoms with Gasteiger partial charge in [-0.1, -0.05) is 34.1 Å². The standard InChI is InChI=1S/C15H13BrN2OS/c1-10-4-2-3-5-13(10)17-15(20)18-14(19)11-6-8-12(16)9-7-11/h2-9H,1H3,(H2,17,18,19,20). The molecular weight excluding hydrogens is 336 g/mol. The second-order valence-electron chi connectivity index (χ2n) is 4.23. The van der Waals surface area contributed by atoms with E-state index in [1.165, 1.54) is 0 Å². The number of hydrogen-bond acceptors (Lipinski definition) is 2. The van der Waals surface area contributed by atoms with Gasteiger partial charge in [-0.2, -0.15) is 0 Å². The second-order valence-corrected chi connectivity index (χ2v) is 5.55. The van der Waals surface area contributed by atoms with Crippen LogP contribution in [-0.2, 0) is 0 Å². The zero-order valence-corrected chi connectivity index (χ0v) is 13.2. The quantitative estimate of drug-likeness (QED) is 0.809. The van der Waals surface area contributed by atoms with Crippen LogP contribution in [0, 0.1) is 6.92 Å². The molecule has 0 aliphatic carbocycles. The van der Waals surface area contributed by atoms with Crippen molar-refractivity contribution in [1.29, 1.82) is 0 Å². The highest BCUT2D eigenvalue weighted by Crippen LogP contribution is 2.13. The van der Waals surface area contributed by atoms with Gasteiger partial charge in [0.05, 0.1) is 0 Å². The molecule has 0 spiro atoms. The number of anilines is 1. The molecule has 0 aliphatic heterocycles. The molecule has 1 amide bonds. The van der Waals surface area contributed by atoms with Gasteiger partial charge in [0.2, 0.25) is 0 Å². The number of carbonyl (C=O) groups is 1. The average molecular weight is 349 g/mol. The van der Waals surface area contributed by atoms with E-state index in [0.29, 0.717) is 5.56 Å². The lowest BCUT2D eigenvalue weighted by Crippen LogP contribution is -2.34. The van der Waals surface area contributed by atoms with Crippen molar-refractivity contribution in [3.63, 3.8) is 0 Å². The molecular formula is C15H13BrN2OS. The molecule has 2 rings (SSSR count). The lowest BCUT2D eigenvalue weighted by molar-refractivity contribution is 0.0977. The summed E-state index contributed by atoms with van der Waals surface area (Å²) in [6.07, 6.45) is 0. The van der Waals surface area contributed by atoms with Crippen LogP contribution in [0.25, 0.3) is 0 Å². The minimum Gasteiger partial charge on any atom is -0.332 e. The first-order valence-corrected chi connectivity index (χ1v) is 7.20. The second kappa shape index (κ2) is 6.63. The Balaban J connectivity index is 2.00. The minimum absolute atomic E-state index is 0.233. The van der Waals surface area contributed by atoms with Crippen molar-refractivity contribution in [1.82, 2.24) is 5.32 Å². The van der Waals surface area contributed by atoms with Gasteiger partial charge in [-0.05, 0) is 55.0 Å². The third-order valence-electron chi connectivity index (χ3n) is 2.73. The summed E-state index contributed by atoms with van der Waals surface area (Å²) in [5, 5.41) is 5.95. The summed E-state index contributed by atoms with van der Waals surface area (Å²) in [5.41, 5.74) is 2.50. The summed E-state index contributed by atoms with van der Waals surface area (Å²) in [5.74, 6) is -0.233. The molecule has 0 atom stereocenters. The van der Waals surface area contributed by atoms with Crippen LogP contribution in [0.2, 0.25) is 0 Å². The number of aryl methyl sites for hydroxylation is 1. The number of thiocarbonyl (C=S) groups is 1. The summed E-state index contributed by atoms with van der Waals surface area (Å²) in [6, 6.07) is 14.8. The molecule has 2 aromatic rings. The monoisotopic (exact) mass is 348 g/mol. The predicted octanol–water partition coefficient (Wildman–Crippen LogP) is 3.88. The van der Waals surface area contributed by atoms with Gasteiger partial charge in [-0.15, -0.1) is 0 Å². The van der Waals surface area contributed by atoms with Gasteiger partial charge in [0.1, 0.15) is 0 Å². The molecule has 0 bridgehead atoms. The predicted molar refractivity (Wildman–Crippen MR) is 89.0 cm³/mol. The van der Waals surface area contributed by atoms with Crippen molar-refractivity contribution in [2.45, 2.75) is 6.92 Å². The van der Waals surface area contributed by atoms with E-state index in [9.17, 15) is 4.79 Å². The summed E-state index contributed by atoms with van der Waals surface area (Å²) in [7, 11) is 0. The highest BCUT2D eigenvalue weighted by Gasteiger charge is 2.08. The summed E-state index contributed by atoms with van der Waals surface area (Å²) in [6.45, 7) is 1.97. The summed E-state index contributed by atoms with van der Waals surface area (Å²) < 4.78 is 0.926. The van der Waals surface area contributed by atoms with E-state index in [4.69, 9.17) is 12.2 Å². The Bertz CT molecular complexity index is 641. The van der Waals surface area contributed by atoms with Gasteiger partial charge < -0.3 is 5.32 Å². The maximum atomic E-state index is 12.0. The van der Waals surface area contributed by atoms with Crippen LogP contribution in [0.1, 0.15) is 15.9 Å². The molecule has 20 heavy (non-hydrogen) atoms. The maximum Gasteiger partial charge on any atom is 0.257 e.